The normalized spacial score (nSPS) is 13.7. The van der Waals surface area contributed by atoms with Crippen molar-refractivity contribution < 1.29 is 13.9 Å². The lowest BCUT2D eigenvalue weighted by Gasteiger charge is -2.36. The van der Waals surface area contributed by atoms with Gasteiger partial charge in [0.05, 0.1) is 23.4 Å². The predicted octanol–water partition coefficient (Wildman–Crippen LogP) is 5.75. The lowest BCUT2D eigenvalue weighted by Crippen LogP contribution is -2.49. The predicted molar refractivity (Wildman–Crippen MR) is 155 cm³/mol. The summed E-state index contributed by atoms with van der Waals surface area (Å²) < 4.78 is 21.1. The third-order valence-corrected chi connectivity index (χ3v) is 7.29. The Balaban J connectivity index is 1.36. The SMILES string of the molecule is CCCCOc1ccc(C(=O)N2CCN(c3nc(CCCC)nc4c3c(C)nn4-c3ccc(F)cc3)CC2)cc1. The van der Waals surface area contributed by atoms with E-state index in [-0.39, 0.29) is 11.7 Å². The summed E-state index contributed by atoms with van der Waals surface area (Å²) in [5, 5.41) is 5.66. The second-order valence-corrected chi connectivity index (χ2v) is 10.2. The highest BCUT2D eigenvalue weighted by atomic mass is 19.1. The first-order valence-corrected chi connectivity index (χ1v) is 14.3. The number of aryl methyl sites for hydroxylation is 2. The van der Waals surface area contributed by atoms with Crippen molar-refractivity contribution >= 4 is 22.8 Å². The van der Waals surface area contributed by atoms with Crippen LogP contribution in [0.1, 0.15) is 61.4 Å². The molecule has 2 aromatic heterocycles. The first-order chi connectivity index (χ1) is 19.5. The molecule has 2 aromatic carbocycles. The number of anilines is 1. The molecule has 0 saturated carbocycles. The highest BCUT2D eigenvalue weighted by Crippen LogP contribution is 2.30. The minimum absolute atomic E-state index is 0.0246. The largest absolute Gasteiger partial charge is 0.494 e. The van der Waals surface area contributed by atoms with Crippen LogP contribution in [0, 0.1) is 12.7 Å². The van der Waals surface area contributed by atoms with Crippen LogP contribution in [0.5, 0.6) is 5.75 Å². The van der Waals surface area contributed by atoms with Gasteiger partial charge in [-0.3, -0.25) is 4.79 Å². The van der Waals surface area contributed by atoms with E-state index < -0.39 is 0 Å². The monoisotopic (exact) mass is 544 g/mol. The van der Waals surface area contributed by atoms with Crippen LogP contribution in [0.2, 0.25) is 0 Å². The fourth-order valence-corrected chi connectivity index (χ4v) is 4.98. The number of halogens is 1. The summed E-state index contributed by atoms with van der Waals surface area (Å²) in [6.07, 6.45) is 4.89. The molecule has 1 saturated heterocycles. The van der Waals surface area contributed by atoms with Crippen molar-refractivity contribution in [1.82, 2.24) is 24.6 Å². The van der Waals surface area contributed by atoms with Gasteiger partial charge in [-0.1, -0.05) is 26.7 Å². The Bertz CT molecular complexity index is 1440. The van der Waals surface area contributed by atoms with E-state index in [0.717, 1.165) is 71.9 Å². The molecule has 0 bridgehead atoms. The van der Waals surface area contributed by atoms with Gasteiger partial charge in [0.2, 0.25) is 0 Å². The van der Waals surface area contributed by atoms with Gasteiger partial charge in [0, 0.05) is 38.2 Å². The Morgan fingerprint density at radius 3 is 2.30 bits per heavy atom. The van der Waals surface area contributed by atoms with Gasteiger partial charge in [-0.15, -0.1) is 0 Å². The summed E-state index contributed by atoms with van der Waals surface area (Å²) in [4.78, 5) is 27.3. The number of amides is 1. The Morgan fingerprint density at radius 2 is 1.62 bits per heavy atom. The molecule has 0 spiro atoms. The van der Waals surface area contributed by atoms with Crippen molar-refractivity contribution in [2.45, 2.75) is 52.9 Å². The zero-order valence-corrected chi connectivity index (χ0v) is 23.6. The Morgan fingerprint density at radius 1 is 0.925 bits per heavy atom. The van der Waals surface area contributed by atoms with Crippen LogP contribution in [0.15, 0.2) is 48.5 Å². The number of carbonyl (C=O) groups is 1. The van der Waals surface area contributed by atoms with E-state index in [1.807, 2.05) is 36.1 Å². The number of hydrogen-bond donors (Lipinski definition) is 0. The van der Waals surface area contributed by atoms with Crippen LogP contribution in [0.4, 0.5) is 10.2 Å². The van der Waals surface area contributed by atoms with Gasteiger partial charge >= 0.3 is 0 Å². The van der Waals surface area contributed by atoms with Crippen molar-refractivity contribution in [2.75, 3.05) is 37.7 Å². The second-order valence-electron chi connectivity index (χ2n) is 10.2. The third kappa shape index (κ3) is 5.93. The molecule has 0 unspecified atom stereocenters. The van der Waals surface area contributed by atoms with Crippen LogP contribution in [0.25, 0.3) is 16.7 Å². The molecule has 3 heterocycles. The van der Waals surface area contributed by atoms with Gasteiger partial charge in [0.1, 0.15) is 23.2 Å². The number of nitrogens with zero attached hydrogens (tertiary/aromatic N) is 6. The van der Waals surface area contributed by atoms with Crippen LogP contribution >= 0.6 is 0 Å². The molecule has 0 radical (unpaired) electrons. The smallest absolute Gasteiger partial charge is 0.253 e. The molecule has 0 aliphatic carbocycles. The highest BCUT2D eigenvalue weighted by Gasteiger charge is 2.27. The molecule has 8 nitrogen and oxygen atoms in total. The fraction of sp³-hybridized carbons (Fsp3) is 0.419. The zero-order chi connectivity index (χ0) is 28.1. The molecular weight excluding hydrogens is 507 g/mol. The maximum atomic E-state index is 13.6. The number of fused-ring (bicyclic) bond motifs is 1. The first-order valence-electron chi connectivity index (χ1n) is 14.3. The van der Waals surface area contributed by atoms with Crippen molar-refractivity contribution in [3.05, 3.63) is 71.4 Å². The van der Waals surface area contributed by atoms with Crippen LogP contribution in [0.3, 0.4) is 0 Å². The van der Waals surface area contributed by atoms with E-state index in [4.69, 9.17) is 19.8 Å². The van der Waals surface area contributed by atoms with Crippen LogP contribution in [-0.4, -0.2) is 63.3 Å². The molecule has 0 N–H and O–H groups in total. The third-order valence-electron chi connectivity index (χ3n) is 7.29. The summed E-state index contributed by atoms with van der Waals surface area (Å²) in [5.41, 5.74) is 2.96. The number of hydrogen-bond acceptors (Lipinski definition) is 6. The topological polar surface area (TPSA) is 76.4 Å². The number of piperazine rings is 1. The van der Waals surface area contributed by atoms with E-state index in [1.165, 1.54) is 12.1 Å². The second kappa shape index (κ2) is 12.4. The molecule has 1 amide bonds. The molecule has 1 aliphatic heterocycles. The van der Waals surface area contributed by atoms with Crippen molar-refractivity contribution in [2.24, 2.45) is 0 Å². The lowest BCUT2D eigenvalue weighted by molar-refractivity contribution is 0.0746. The Kier molecular flexibility index (Phi) is 8.57. The molecular formula is C31H37FN6O2. The highest BCUT2D eigenvalue weighted by molar-refractivity contribution is 5.95. The van der Waals surface area contributed by atoms with E-state index >= 15 is 0 Å². The lowest BCUT2D eigenvalue weighted by atomic mass is 10.1. The molecule has 0 atom stereocenters. The number of ether oxygens (including phenoxy) is 1. The summed E-state index contributed by atoms with van der Waals surface area (Å²) in [6.45, 7) is 9.42. The summed E-state index contributed by atoms with van der Waals surface area (Å²) in [6, 6.07) is 13.7. The van der Waals surface area contributed by atoms with E-state index in [1.54, 1.807) is 16.8 Å². The number of benzene rings is 2. The molecule has 9 heteroatoms. The summed E-state index contributed by atoms with van der Waals surface area (Å²) >= 11 is 0. The molecule has 5 rings (SSSR count). The minimum Gasteiger partial charge on any atom is -0.494 e. The fourth-order valence-electron chi connectivity index (χ4n) is 4.98. The number of aromatic nitrogens is 4. The van der Waals surface area contributed by atoms with Crippen LogP contribution in [-0.2, 0) is 6.42 Å². The van der Waals surface area contributed by atoms with Gasteiger partial charge in [-0.05, 0) is 68.3 Å². The number of carbonyl (C=O) groups excluding carboxylic acids is 1. The minimum atomic E-state index is -0.292. The Labute approximate surface area is 234 Å². The standard InChI is InChI=1S/C31H37FN6O2/c1-4-6-8-27-33-29(28-22(3)35-38(30(28)34-27)25-13-11-24(32)12-14-25)36-17-19-37(20-18-36)31(39)23-9-15-26(16-10-23)40-21-7-5-2/h9-16H,4-8,17-21H2,1-3H3. The Hall–Kier alpha value is -4.01. The molecule has 4 aromatic rings. The van der Waals surface area contributed by atoms with E-state index in [2.05, 4.69) is 18.7 Å². The van der Waals surface area contributed by atoms with Crippen molar-refractivity contribution in [3.63, 3.8) is 0 Å². The quantitative estimate of drug-likeness (QED) is 0.237. The van der Waals surface area contributed by atoms with Crippen molar-refractivity contribution in [1.29, 1.82) is 0 Å². The van der Waals surface area contributed by atoms with Gasteiger partial charge in [-0.2, -0.15) is 5.10 Å². The maximum absolute atomic E-state index is 13.6. The van der Waals surface area contributed by atoms with Crippen LogP contribution < -0.4 is 9.64 Å². The average molecular weight is 545 g/mol. The van der Waals surface area contributed by atoms with Gasteiger partial charge in [0.15, 0.2) is 5.65 Å². The summed E-state index contributed by atoms with van der Waals surface area (Å²) in [7, 11) is 0. The average Bonchev–Trinajstić information content (AvgIpc) is 3.32. The number of unbranched alkanes of at least 4 members (excludes halogenated alkanes) is 2. The molecule has 40 heavy (non-hydrogen) atoms. The van der Waals surface area contributed by atoms with Gasteiger partial charge < -0.3 is 14.5 Å². The first kappa shape index (κ1) is 27.6. The van der Waals surface area contributed by atoms with Crippen molar-refractivity contribution in [3.8, 4) is 11.4 Å². The zero-order valence-electron chi connectivity index (χ0n) is 23.6. The molecule has 1 aliphatic rings. The summed E-state index contributed by atoms with van der Waals surface area (Å²) in [5.74, 6) is 2.14. The van der Waals surface area contributed by atoms with Gasteiger partial charge in [-0.25, -0.2) is 19.0 Å². The van der Waals surface area contributed by atoms with E-state index in [0.29, 0.717) is 38.3 Å². The van der Waals surface area contributed by atoms with E-state index in [9.17, 15) is 9.18 Å². The maximum Gasteiger partial charge on any atom is 0.253 e. The molecule has 210 valence electrons. The number of rotatable bonds is 10. The molecule has 1 fully saturated rings. The van der Waals surface area contributed by atoms with Gasteiger partial charge in [0.25, 0.3) is 5.91 Å².